The molecule has 2 aromatic rings. The zero-order valence-corrected chi connectivity index (χ0v) is 14.4. The Kier molecular flexibility index (Phi) is 5.31. The molecule has 2 rings (SSSR count). The molecule has 0 aliphatic heterocycles. The molecule has 1 heterocycles. The average Bonchev–Trinajstić information content (AvgIpc) is 2.49. The summed E-state index contributed by atoms with van der Waals surface area (Å²) in [7, 11) is 3.24. The van der Waals surface area contributed by atoms with Crippen LogP contribution in [0.1, 0.15) is 11.1 Å². The zero-order valence-electron chi connectivity index (χ0n) is 12.0. The fourth-order valence-electron chi connectivity index (χ4n) is 1.88. The molecule has 6 heteroatoms. The lowest BCUT2D eigenvalue weighted by Gasteiger charge is -2.13. The summed E-state index contributed by atoms with van der Waals surface area (Å²) in [5.74, 6) is 1.39. The third-order valence-corrected chi connectivity index (χ3v) is 4.18. The maximum atomic E-state index is 5.92. The minimum atomic E-state index is 0.521. The molecule has 1 aromatic carbocycles. The van der Waals surface area contributed by atoms with Crippen molar-refractivity contribution < 1.29 is 9.47 Å². The third-order valence-electron chi connectivity index (χ3n) is 3.05. The maximum Gasteiger partial charge on any atom is 0.161 e. The fraction of sp³-hybridized carbons (Fsp3) is 0.267. The molecule has 0 fully saturated rings. The van der Waals surface area contributed by atoms with E-state index in [2.05, 4.69) is 26.2 Å². The first-order valence-electron chi connectivity index (χ1n) is 6.31. The molecule has 0 unspecified atom stereocenters. The van der Waals surface area contributed by atoms with Crippen LogP contribution in [0.3, 0.4) is 0 Å². The predicted molar refractivity (Wildman–Crippen MR) is 88.6 cm³/mol. The van der Waals surface area contributed by atoms with Gasteiger partial charge in [-0.2, -0.15) is 0 Å². The van der Waals surface area contributed by atoms with Crippen molar-refractivity contribution in [2.24, 2.45) is 0 Å². The van der Waals surface area contributed by atoms with Gasteiger partial charge in [0, 0.05) is 11.0 Å². The summed E-state index contributed by atoms with van der Waals surface area (Å²) in [5.41, 5.74) is 2.91. The number of nitrogens with one attached hydrogen (secondary N) is 1. The Labute approximate surface area is 137 Å². The van der Waals surface area contributed by atoms with E-state index in [0.29, 0.717) is 23.2 Å². The summed E-state index contributed by atoms with van der Waals surface area (Å²) in [6, 6.07) is 5.79. The number of halogens is 2. The molecular weight excluding hydrogens is 356 g/mol. The highest BCUT2D eigenvalue weighted by Crippen LogP contribution is 2.33. The normalized spacial score (nSPS) is 10.3. The molecule has 0 amide bonds. The number of hydrogen-bond acceptors (Lipinski definition) is 4. The molecule has 1 aromatic heterocycles. The molecular formula is C15H16BrClN2O2. The van der Waals surface area contributed by atoms with E-state index in [1.165, 1.54) is 0 Å². The summed E-state index contributed by atoms with van der Waals surface area (Å²) in [5, 5.41) is 3.83. The van der Waals surface area contributed by atoms with E-state index in [1.807, 2.05) is 25.1 Å². The molecule has 0 bridgehead atoms. The lowest BCUT2D eigenvalue weighted by Crippen LogP contribution is -2.02. The van der Waals surface area contributed by atoms with Crippen LogP contribution in [0, 0.1) is 6.92 Å². The number of pyridine rings is 1. The van der Waals surface area contributed by atoms with Crippen molar-refractivity contribution in [3.8, 4) is 11.5 Å². The lowest BCUT2D eigenvalue weighted by molar-refractivity contribution is 0.354. The molecule has 0 aliphatic rings. The van der Waals surface area contributed by atoms with E-state index < -0.39 is 0 Å². The number of hydrogen-bond donors (Lipinski definition) is 1. The molecule has 112 valence electrons. The number of nitrogens with zero attached hydrogens (tertiary/aromatic N) is 1. The minimum absolute atomic E-state index is 0.521. The second kappa shape index (κ2) is 7.00. The van der Waals surface area contributed by atoms with Gasteiger partial charge >= 0.3 is 0 Å². The molecule has 0 atom stereocenters. The Bertz CT molecular complexity index is 650. The molecule has 21 heavy (non-hydrogen) atoms. The van der Waals surface area contributed by atoms with Gasteiger partial charge in [-0.25, -0.2) is 4.98 Å². The monoisotopic (exact) mass is 370 g/mol. The highest BCUT2D eigenvalue weighted by Gasteiger charge is 2.09. The first kappa shape index (κ1) is 15.9. The molecule has 4 nitrogen and oxygen atoms in total. The van der Waals surface area contributed by atoms with Gasteiger partial charge in [-0.3, -0.25) is 0 Å². The molecule has 0 aliphatic carbocycles. The Morgan fingerprint density at radius 3 is 2.48 bits per heavy atom. The van der Waals surface area contributed by atoms with Gasteiger partial charge in [0.05, 0.1) is 26.1 Å². The van der Waals surface area contributed by atoms with Gasteiger partial charge in [0.1, 0.15) is 5.15 Å². The number of aromatic nitrogens is 1. The van der Waals surface area contributed by atoms with Crippen molar-refractivity contribution in [1.82, 2.24) is 4.98 Å². The van der Waals surface area contributed by atoms with E-state index in [0.717, 1.165) is 21.3 Å². The summed E-state index contributed by atoms with van der Waals surface area (Å²) < 4.78 is 11.5. The number of ether oxygens (including phenoxy) is 2. The van der Waals surface area contributed by atoms with Crippen LogP contribution >= 0.6 is 27.5 Å². The zero-order chi connectivity index (χ0) is 15.4. The second-order valence-electron chi connectivity index (χ2n) is 4.48. The number of benzene rings is 1. The number of methoxy groups -OCH3 is 2. The lowest BCUT2D eigenvalue weighted by atomic mass is 10.2. The SMILES string of the molecule is COc1cc(Br)c(CNc2cnc(Cl)c(C)c2)cc1OC. The predicted octanol–water partition coefficient (Wildman–Crippen LogP) is 4.44. The first-order valence-corrected chi connectivity index (χ1v) is 7.48. The third kappa shape index (κ3) is 3.80. The number of anilines is 1. The van der Waals surface area contributed by atoms with E-state index >= 15 is 0 Å². The van der Waals surface area contributed by atoms with E-state index in [4.69, 9.17) is 21.1 Å². The van der Waals surface area contributed by atoms with E-state index in [1.54, 1.807) is 20.4 Å². The van der Waals surface area contributed by atoms with Gasteiger partial charge in [-0.15, -0.1) is 0 Å². The molecule has 0 saturated heterocycles. The van der Waals surface area contributed by atoms with Crippen molar-refractivity contribution in [1.29, 1.82) is 0 Å². The van der Waals surface area contributed by atoms with Crippen LogP contribution in [-0.4, -0.2) is 19.2 Å². The standard InChI is InChI=1S/C15H16BrClN2O2/c1-9-4-11(8-19-15(9)17)18-7-10-5-13(20-2)14(21-3)6-12(10)16/h4-6,8,18H,7H2,1-3H3. The summed E-state index contributed by atoms with van der Waals surface area (Å²) >= 11 is 9.46. The van der Waals surface area contributed by atoms with Gasteiger partial charge in [0.25, 0.3) is 0 Å². The van der Waals surface area contributed by atoms with E-state index in [-0.39, 0.29) is 0 Å². The van der Waals surface area contributed by atoms with Gasteiger partial charge in [-0.05, 0) is 36.2 Å². The Morgan fingerprint density at radius 2 is 1.86 bits per heavy atom. The Balaban J connectivity index is 2.17. The fourth-order valence-corrected chi connectivity index (χ4v) is 2.45. The summed E-state index contributed by atoms with van der Waals surface area (Å²) in [6.45, 7) is 2.55. The smallest absolute Gasteiger partial charge is 0.161 e. The van der Waals surface area contributed by atoms with Crippen molar-refractivity contribution in [3.63, 3.8) is 0 Å². The first-order chi connectivity index (χ1) is 10.0. The van der Waals surface area contributed by atoms with Crippen molar-refractivity contribution >= 4 is 33.2 Å². The topological polar surface area (TPSA) is 43.4 Å². The maximum absolute atomic E-state index is 5.92. The largest absolute Gasteiger partial charge is 0.493 e. The number of aryl methyl sites for hydroxylation is 1. The van der Waals surface area contributed by atoms with Gasteiger partial charge < -0.3 is 14.8 Å². The highest BCUT2D eigenvalue weighted by molar-refractivity contribution is 9.10. The van der Waals surface area contributed by atoms with Crippen molar-refractivity contribution in [2.75, 3.05) is 19.5 Å². The highest BCUT2D eigenvalue weighted by atomic mass is 79.9. The van der Waals surface area contributed by atoms with Crippen LogP contribution in [0.25, 0.3) is 0 Å². The van der Waals surface area contributed by atoms with Crippen LogP contribution in [-0.2, 0) is 6.54 Å². The van der Waals surface area contributed by atoms with Crippen LogP contribution < -0.4 is 14.8 Å². The van der Waals surface area contributed by atoms with Crippen molar-refractivity contribution in [3.05, 3.63) is 45.1 Å². The van der Waals surface area contributed by atoms with Gasteiger partial charge in [-0.1, -0.05) is 27.5 Å². The Hall–Kier alpha value is -1.46. The van der Waals surface area contributed by atoms with E-state index in [9.17, 15) is 0 Å². The second-order valence-corrected chi connectivity index (χ2v) is 5.70. The summed E-state index contributed by atoms with van der Waals surface area (Å²) in [4.78, 5) is 4.12. The van der Waals surface area contributed by atoms with Crippen LogP contribution in [0.4, 0.5) is 5.69 Å². The van der Waals surface area contributed by atoms with Crippen LogP contribution in [0.5, 0.6) is 11.5 Å². The van der Waals surface area contributed by atoms with Crippen LogP contribution in [0.2, 0.25) is 5.15 Å². The number of rotatable bonds is 5. The molecule has 1 N–H and O–H groups in total. The Morgan fingerprint density at radius 1 is 1.19 bits per heavy atom. The quantitative estimate of drug-likeness (QED) is 0.789. The molecule has 0 saturated carbocycles. The minimum Gasteiger partial charge on any atom is -0.493 e. The van der Waals surface area contributed by atoms with Gasteiger partial charge in [0.2, 0.25) is 0 Å². The average molecular weight is 372 g/mol. The van der Waals surface area contributed by atoms with Crippen LogP contribution in [0.15, 0.2) is 28.9 Å². The molecule has 0 spiro atoms. The summed E-state index contributed by atoms with van der Waals surface area (Å²) in [6.07, 6.45) is 1.71. The van der Waals surface area contributed by atoms with Gasteiger partial charge in [0.15, 0.2) is 11.5 Å². The molecule has 0 radical (unpaired) electrons. The van der Waals surface area contributed by atoms with Crippen molar-refractivity contribution in [2.45, 2.75) is 13.5 Å².